The number of amides is 1. The molecule has 0 saturated heterocycles. The maximum Gasteiger partial charge on any atom is 0.246 e. The molecule has 0 bridgehead atoms. The summed E-state index contributed by atoms with van der Waals surface area (Å²) in [6, 6.07) is 5.78. The van der Waals surface area contributed by atoms with Gasteiger partial charge in [-0.25, -0.2) is 9.37 Å². The summed E-state index contributed by atoms with van der Waals surface area (Å²) in [4.78, 5) is 22.7. The fourth-order valence-electron chi connectivity index (χ4n) is 3.04. The first-order valence-corrected chi connectivity index (χ1v) is 7.87. The van der Waals surface area contributed by atoms with Gasteiger partial charge in [-0.3, -0.25) is 14.3 Å². The average molecular weight is 338 g/mol. The van der Waals surface area contributed by atoms with Gasteiger partial charge in [-0.2, -0.15) is 0 Å². The Morgan fingerprint density at radius 1 is 1.28 bits per heavy atom. The zero-order chi connectivity index (χ0) is 17.4. The Balaban J connectivity index is 1.66. The van der Waals surface area contributed by atoms with Crippen molar-refractivity contribution in [1.29, 1.82) is 0 Å². The molecule has 8 heteroatoms. The van der Waals surface area contributed by atoms with Crippen molar-refractivity contribution in [3.8, 4) is 11.5 Å². The lowest BCUT2D eigenvalue weighted by Gasteiger charge is -2.32. The van der Waals surface area contributed by atoms with Crippen molar-refractivity contribution in [2.24, 2.45) is 0 Å². The van der Waals surface area contributed by atoms with Gasteiger partial charge in [0.2, 0.25) is 5.91 Å². The van der Waals surface area contributed by atoms with E-state index in [1.54, 1.807) is 47.1 Å². The number of halogens is 1. The first-order valence-electron chi connectivity index (χ1n) is 7.87. The molecule has 25 heavy (non-hydrogen) atoms. The Hall–Kier alpha value is -3.16. The van der Waals surface area contributed by atoms with Crippen molar-refractivity contribution in [3.05, 3.63) is 60.1 Å². The number of benzene rings is 1. The van der Waals surface area contributed by atoms with Crippen molar-refractivity contribution in [1.82, 2.24) is 29.6 Å². The highest BCUT2D eigenvalue weighted by Gasteiger charge is 2.33. The van der Waals surface area contributed by atoms with E-state index in [1.807, 2.05) is 0 Å². The second-order valence-electron chi connectivity index (χ2n) is 5.90. The highest BCUT2D eigenvalue weighted by molar-refractivity contribution is 5.81. The molecule has 126 valence electrons. The van der Waals surface area contributed by atoms with Gasteiger partial charge >= 0.3 is 0 Å². The molecule has 1 atom stereocenters. The van der Waals surface area contributed by atoms with Gasteiger partial charge in [-0.15, -0.1) is 10.2 Å². The lowest BCUT2D eigenvalue weighted by atomic mass is 10.1. The van der Waals surface area contributed by atoms with Crippen LogP contribution in [0, 0.1) is 5.82 Å². The molecule has 0 unspecified atom stereocenters. The standard InChI is InChI=1S/C17H15FN6O/c1-11-17(25)23(9-12-3-2-4-13(18)7-12)10-15-21-22-16(24(11)15)14-8-19-5-6-20-14/h2-8,11H,9-10H2,1H3/t11-/m0/s1. The minimum Gasteiger partial charge on any atom is -0.329 e. The Labute approximate surface area is 143 Å². The molecule has 0 radical (unpaired) electrons. The van der Waals surface area contributed by atoms with E-state index < -0.39 is 6.04 Å². The van der Waals surface area contributed by atoms with Crippen molar-refractivity contribution >= 4 is 5.91 Å². The molecular formula is C17H15FN6O. The summed E-state index contributed by atoms with van der Waals surface area (Å²) in [7, 11) is 0. The maximum absolute atomic E-state index is 13.4. The highest BCUT2D eigenvalue weighted by Crippen LogP contribution is 2.28. The summed E-state index contributed by atoms with van der Waals surface area (Å²) in [6.07, 6.45) is 4.74. The van der Waals surface area contributed by atoms with Crippen LogP contribution in [0.4, 0.5) is 4.39 Å². The summed E-state index contributed by atoms with van der Waals surface area (Å²) in [6.45, 7) is 2.44. The van der Waals surface area contributed by atoms with E-state index in [2.05, 4.69) is 20.2 Å². The highest BCUT2D eigenvalue weighted by atomic mass is 19.1. The molecule has 7 nitrogen and oxygen atoms in total. The van der Waals surface area contributed by atoms with E-state index >= 15 is 0 Å². The van der Waals surface area contributed by atoms with Crippen LogP contribution < -0.4 is 0 Å². The molecule has 2 aromatic heterocycles. The second-order valence-corrected chi connectivity index (χ2v) is 5.90. The fraction of sp³-hybridized carbons (Fsp3) is 0.235. The summed E-state index contributed by atoms with van der Waals surface area (Å²) >= 11 is 0. The molecule has 1 aromatic carbocycles. The van der Waals surface area contributed by atoms with E-state index in [0.717, 1.165) is 5.56 Å². The molecule has 0 fully saturated rings. The summed E-state index contributed by atoms with van der Waals surface area (Å²) in [5.74, 6) is 0.809. The van der Waals surface area contributed by atoms with E-state index in [4.69, 9.17) is 0 Å². The van der Waals surface area contributed by atoms with E-state index in [1.165, 1.54) is 12.1 Å². The third kappa shape index (κ3) is 2.75. The Morgan fingerprint density at radius 3 is 2.92 bits per heavy atom. The van der Waals surface area contributed by atoms with Gasteiger partial charge in [0.15, 0.2) is 11.6 Å². The van der Waals surface area contributed by atoms with Gasteiger partial charge in [-0.05, 0) is 24.6 Å². The van der Waals surface area contributed by atoms with Crippen molar-refractivity contribution < 1.29 is 9.18 Å². The first-order chi connectivity index (χ1) is 12.1. The minimum absolute atomic E-state index is 0.0679. The third-order valence-electron chi connectivity index (χ3n) is 4.21. The van der Waals surface area contributed by atoms with Crippen LogP contribution in [0.2, 0.25) is 0 Å². The fourth-order valence-corrected chi connectivity index (χ4v) is 3.04. The monoisotopic (exact) mass is 338 g/mol. The molecular weight excluding hydrogens is 323 g/mol. The van der Waals surface area contributed by atoms with Crippen LogP contribution in [0.15, 0.2) is 42.9 Å². The number of fused-ring (bicyclic) bond motifs is 1. The van der Waals surface area contributed by atoms with Crippen LogP contribution in [0.3, 0.4) is 0 Å². The smallest absolute Gasteiger partial charge is 0.246 e. The number of nitrogens with zero attached hydrogens (tertiary/aromatic N) is 6. The Morgan fingerprint density at radius 2 is 2.16 bits per heavy atom. The predicted molar refractivity (Wildman–Crippen MR) is 86.4 cm³/mol. The predicted octanol–water partition coefficient (Wildman–Crippen LogP) is 1.98. The molecule has 1 amide bonds. The van der Waals surface area contributed by atoms with Gasteiger partial charge in [0, 0.05) is 18.9 Å². The molecule has 1 aliphatic rings. The normalized spacial score (nSPS) is 16.8. The second kappa shape index (κ2) is 6.04. The van der Waals surface area contributed by atoms with Gasteiger partial charge in [0.25, 0.3) is 0 Å². The van der Waals surface area contributed by atoms with Gasteiger partial charge < -0.3 is 4.90 Å². The third-order valence-corrected chi connectivity index (χ3v) is 4.21. The lowest BCUT2D eigenvalue weighted by molar-refractivity contribution is -0.137. The van der Waals surface area contributed by atoms with Crippen molar-refractivity contribution in [3.63, 3.8) is 0 Å². The molecule has 1 aliphatic heterocycles. The Kier molecular flexibility index (Phi) is 3.72. The number of hydrogen-bond donors (Lipinski definition) is 0. The van der Waals surface area contributed by atoms with Crippen LogP contribution in [-0.2, 0) is 17.9 Å². The number of aromatic nitrogens is 5. The first kappa shape index (κ1) is 15.4. The summed E-state index contributed by atoms with van der Waals surface area (Å²) < 4.78 is 15.2. The molecule has 0 N–H and O–H groups in total. The van der Waals surface area contributed by atoms with E-state index in [0.29, 0.717) is 30.4 Å². The van der Waals surface area contributed by atoms with Gasteiger partial charge in [-0.1, -0.05) is 12.1 Å². The maximum atomic E-state index is 13.4. The number of hydrogen-bond acceptors (Lipinski definition) is 5. The average Bonchev–Trinajstić information content (AvgIpc) is 3.04. The number of rotatable bonds is 3. The molecule has 0 aliphatic carbocycles. The van der Waals surface area contributed by atoms with E-state index in [9.17, 15) is 9.18 Å². The van der Waals surface area contributed by atoms with Crippen LogP contribution >= 0.6 is 0 Å². The van der Waals surface area contributed by atoms with Crippen molar-refractivity contribution in [2.75, 3.05) is 0 Å². The molecule has 4 rings (SSSR count). The zero-order valence-electron chi connectivity index (χ0n) is 13.5. The quantitative estimate of drug-likeness (QED) is 0.730. The summed E-state index contributed by atoms with van der Waals surface area (Å²) in [5, 5.41) is 8.38. The SMILES string of the molecule is C[C@H]1C(=O)N(Cc2cccc(F)c2)Cc2nnc(-c3cnccn3)n21. The largest absolute Gasteiger partial charge is 0.329 e. The molecule has 3 heterocycles. The molecule has 0 spiro atoms. The molecule has 0 saturated carbocycles. The topological polar surface area (TPSA) is 76.8 Å². The lowest BCUT2D eigenvalue weighted by Crippen LogP contribution is -2.41. The van der Waals surface area contributed by atoms with Gasteiger partial charge in [0.05, 0.1) is 12.7 Å². The number of carbonyl (C=O) groups is 1. The van der Waals surface area contributed by atoms with Gasteiger partial charge in [0.1, 0.15) is 17.6 Å². The van der Waals surface area contributed by atoms with Crippen LogP contribution in [0.1, 0.15) is 24.4 Å². The molecule has 3 aromatic rings. The minimum atomic E-state index is -0.468. The van der Waals surface area contributed by atoms with Crippen LogP contribution in [-0.4, -0.2) is 35.5 Å². The van der Waals surface area contributed by atoms with Crippen molar-refractivity contribution in [2.45, 2.75) is 26.1 Å². The van der Waals surface area contributed by atoms with E-state index in [-0.39, 0.29) is 11.7 Å². The van der Waals surface area contributed by atoms with Crippen LogP contribution in [0.25, 0.3) is 11.5 Å². The van der Waals surface area contributed by atoms with Crippen LogP contribution in [0.5, 0.6) is 0 Å². The number of carbonyl (C=O) groups excluding carboxylic acids is 1. The zero-order valence-corrected chi connectivity index (χ0v) is 13.5. The summed E-state index contributed by atoms with van der Waals surface area (Å²) in [5.41, 5.74) is 1.31. The Bertz CT molecular complexity index is 926.